The highest BCUT2D eigenvalue weighted by atomic mass is 35.5. The van der Waals surface area contributed by atoms with Crippen molar-refractivity contribution in [2.24, 2.45) is 5.73 Å². The summed E-state index contributed by atoms with van der Waals surface area (Å²) in [4.78, 5) is 17.0. The van der Waals surface area contributed by atoms with E-state index < -0.39 is 0 Å². The van der Waals surface area contributed by atoms with Gasteiger partial charge in [-0.05, 0) is 24.4 Å². The third-order valence-electron chi connectivity index (χ3n) is 2.40. The smallest absolute Gasteiger partial charge is 0.244 e. The molecule has 7 heteroatoms. The first-order valence-electron chi connectivity index (χ1n) is 4.59. The Balaban J connectivity index is 2.26. The molecule has 1 aliphatic heterocycles. The van der Waals surface area contributed by atoms with Crippen molar-refractivity contribution in [2.45, 2.75) is 18.9 Å². The fourth-order valence-electron chi connectivity index (χ4n) is 1.75. The summed E-state index contributed by atoms with van der Waals surface area (Å²) in [7, 11) is 0. The van der Waals surface area contributed by atoms with Gasteiger partial charge in [0.1, 0.15) is 6.04 Å². The van der Waals surface area contributed by atoms with E-state index in [0.717, 1.165) is 19.4 Å². The quantitative estimate of drug-likeness (QED) is 0.768. The minimum atomic E-state index is -0.345. The number of hydrogen-bond acceptors (Lipinski definition) is 5. The Morgan fingerprint density at radius 1 is 1.67 bits per heavy atom. The van der Waals surface area contributed by atoms with E-state index >= 15 is 0 Å². The topological polar surface area (TPSA) is 85.0 Å². The highest BCUT2D eigenvalue weighted by Gasteiger charge is 2.30. The van der Waals surface area contributed by atoms with Gasteiger partial charge in [-0.2, -0.15) is 10.1 Å². The van der Waals surface area contributed by atoms with Gasteiger partial charge in [-0.25, -0.2) is 0 Å². The lowest BCUT2D eigenvalue weighted by atomic mass is 10.2. The number of nitrogens with zero attached hydrogens (tertiary/aromatic N) is 4. The Kier molecular flexibility index (Phi) is 2.68. The van der Waals surface area contributed by atoms with E-state index in [1.165, 1.54) is 6.20 Å². The number of halogens is 1. The van der Waals surface area contributed by atoms with Crippen LogP contribution in [0.4, 0.5) is 5.82 Å². The number of anilines is 1. The van der Waals surface area contributed by atoms with Gasteiger partial charge in [0.2, 0.25) is 11.2 Å². The molecule has 1 saturated heterocycles. The molecule has 0 saturated carbocycles. The van der Waals surface area contributed by atoms with Gasteiger partial charge in [0.15, 0.2) is 5.82 Å². The van der Waals surface area contributed by atoms with E-state index in [-0.39, 0.29) is 17.2 Å². The standard InChI is InChI=1S/C8H10ClN5O/c9-8-12-6(4-11-13-8)14-3-1-2-5(14)7(10)15/h4-5H,1-3H2,(H2,10,15). The van der Waals surface area contributed by atoms with Crippen LogP contribution in [0.2, 0.25) is 5.28 Å². The van der Waals surface area contributed by atoms with Gasteiger partial charge in [0.05, 0.1) is 6.20 Å². The monoisotopic (exact) mass is 227 g/mol. The fourth-order valence-corrected chi connectivity index (χ4v) is 1.88. The van der Waals surface area contributed by atoms with Crippen molar-refractivity contribution < 1.29 is 4.79 Å². The van der Waals surface area contributed by atoms with Crippen molar-refractivity contribution in [1.29, 1.82) is 0 Å². The number of nitrogens with two attached hydrogens (primary N) is 1. The van der Waals surface area contributed by atoms with Gasteiger partial charge in [-0.1, -0.05) is 0 Å². The number of hydrogen-bond donors (Lipinski definition) is 1. The molecule has 1 aromatic heterocycles. The molecule has 1 aromatic rings. The third kappa shape index (κ3) is 1.99. The summed E-state index contributed by atoms with van der Waals surface area (Å²) >= 11 is 5.62. The van der Waals surface area contributed by atoms with E-state index in [4.69, 9.17) is 17.3 Å². The maximum atomic E-state index is 11.2. The molecule has 80 valence electrons. The first kappa shape index (κ1) is 10.1. The van der Waals surface area contributed by atoms with E-state index in [9.17, 15) is 4.79 Å². The van der Waals surface area contributed by atoms with Crippen LogP contribution < -0.4 is 10.6 Å². The third-order valence-corrected chi connectivity index (χ3v) is 2.56. The van der Waals surface area contributed by atoms with Crippen LogP contribution in [0.3, 0.4) is 0 Å². The molecule has 1 aliphatic rings. The van der Waals surface area contributed by atoms with Crippen molar-refractivity contribution in [3.63, 3.8) is 0 Å². The van der Waals surface area contributed by atoms with E-state index in [1.807, 2.05) is 4.90 Å². The molecule has 0 aromatic carbocycles. The number of primary amides is 1. The molecule has 2 heterocycles. The van der Waals surface area contributed by atoms with E-state index in [0.29, 0.717) is 5.82 Å². The molecule has 2 N–H and O–H groups in total. The average Bonchev–Trinajstić information content (AvgIpc) is 2.65. The first-order chi connectivity index (χ1) is 7.18. The van der Waals surface area contributed by atoms with Gasteiger partial charge in [-0.3, -0.25) is 4.79 Å². The number of amides is 1. The second-order valence-electron chi connectivity index (χ2n) is 3.34. The van der Waals surface area contributed by atoms with Gasteiger partial charge >= 0.3 is 0 Å². The van der Waals surface area contributed by atoms with Crippen LogP contribution in [0.1, 0.15) is 12.8 Å². The Morgan fingerprint density at radius 2 is 2.47 bits per heavy atom. The lowest BCUT2D eigenvalue weighted by Crippen LogP contribution is -2.40. The summed E-state index contributed by atoms with van der Waals surface area (Å²) in [5.41, 5.74) is 5.29. The Morgan fingerprint density at radius 3 is 3.13 bits per heavy atom. The molecular formula is C8H10ClN5O. The molecular weight excluding hydrogens is 218 g/mol. The molecule has 0 radical (unpaired) electrons. The predicted octanol–water partition coefficient (Wildman–Crippen LogP) is -0.0209. The average molecular weight is 228 g/mol. The Labute approximate surface area is 91.4 Å². The lowest BCUT2D eigenvalue weighted by Gasteiger charge is -2.22. The Bertz CT molecular complexity index is 385. The van der Waals surface area contributed by atoms with Crippen LogP contribution in [-0.2, 0) is 4.79 Å². The number of carbonyl (C=O) groups excluding carboxylic acids is 1. The number of aromatic nitrogens is 3. The largest absolute Gasteiger partial charge is 0.368 e. The summed E-state index contributed by atoms with van der Waals surface area (Å²) in [5.74, 6) is 0.207. The molecule has 0 bridgehead atoms. The molecule has 1 atom stereocenters. The van der Waals surface area contributed by atoms with E-state index in [1.54, 1.807) is 0 Å². The molecule has 1 unspecified atom stereocenters. The molecule has 6 nitrogen and oxygen atoms in total. The Hall–Kier alpha value is -1.43. The van der Waals surface area contributed by atoms with Crippen LogP contribution in [0, 0.1) is 0 Å². The summed E-state index contributed by atoms with van der Waals surface area (Å²) in [6.07, 6.45) is 3.14. The maximum absolute atomic E-state index is 11.2. The zero-order valence-corrected chi connectivity index (χ0v) is 8.68. The van der Waals surface area contributed by atoms with Crippen molar-refractivity contribution in [1.82, 2.24) is 15.2 Å². The lowest BCUT2D eigenvalue weighted by molar-refractivity contribution is -0.119. The van der Waals surface area contributed by atoms with Crippen LogP contribution in [0.15, 0.2) is 6.20 Å². The number of rotatable bonds is 2. The van der Waals surface area contributed by atoms with E-state index in [2.05, 4.69) is 15.2 Å². The zero-order valence-electron chi connectivity index (χ0n) is 7.93. The minimum Gasteiger partial charge on any atom is -0.368 e. The normalized spacial score (nSPS) is 20.6. The van der Waals surface area contributed by atoms with Crippen molar-refractivity contribution in [3.8, 4) is 0 Å². The summed E-state index contributed by atoms with van der Waals surface area (Å²) in [6, 6.07) is -0.308. The highest BCUT2D eigenvalue weighted by Crippen LogP contribution is 2.23. The van der Waals surface area contributed by atoms with Crippen LogP contribution >= 0.6 is 11.6 Å². The molecule has 0 spiro atoms. The van der Waals surface area contributed by atoms with Crippen molar-refractivity contribution in [3.05, 3.63) is 11.5 Å². The number of carbonyl (C=O) groups is 1. The van der Waals surface area contributed by atoms with Crippen LogP contribution in [-0.4, -0.2) is 33.7 Å². The highest BCUT2D eigenvalue weighted by molar-refractivity contribution is 6.28. The van der Waals surface area contributed by atoms with Crippen molar-refractivity contribution >= 4 is 23.3 Å². The van der Waals surface area contributed by atoms with Gasteiger partial charge in [0.25, 0.3) is 0 Å². The fraction of sp³-hybridized carbons (Fsp3) is 0.500. The second-order valence-corrected chi connectivity index (χ2v) is 3.68. The van der Waals surface area contributed by atoms with Crippen molar-refractivity contribution in [2.75, 3.05) is 11.4 Å². The molecule has 2 rings (SSSR count). The molecule has 1 fully saturated rings. The van der Waals surface area contributed by atoms with Gasteiger partial charge in [0, 0.05) is 6.54 Å². The molecule has 1 amide bonds. The SMILES string of the molecule is NC(=O)C1CCCN1c1cnnc(Cl)n1. The van der Waals surface area contributed by atoms with Crippen LogP contribution in [0.25, 0.3) is 0 Å². The van der Waals surface area contributed by atoms with Gasteiger partial charge in [-0.15, -0.1) is 5.10 Å². The summed E-state index contributed by atoms with van der Waals surface area (Å²) in [5, 5.41) is 7.30. The maximum Gasteiger partial charge on any atom is 0.244 e. The summed E-state index contributed by atoms with van der Waals surface area (Å²) in [6.45, 7) is 0.739. The predicted molar refractivity (Wildman–Crippen MR) is 54.4 cm³/mol. The molecule has 15 heavy (non-hydrogen) atoms. The zero-order chi connectivity index (χ0) is 10.8. The van der Waals surface area contributed by atoms with Gasteiger partial charge < -0.3 is 10.6 Å². The first-order valence-corrected chi connectivity index (χ1v) is 4.97. The van der Waals surface area contributed by atoms with Crippen LogP contribution in [0.5, 0.6) is 0 Å². The minimum absolute atomic E-state index is 0.0719. The molecule has 0 aliphatic carbocycles. The second kappa shape index (κ2) is 3.98. The summed E-state index contributed by atoms with van der Waals surface area (Å²) < 4.78 is 0.